The molecule has 2 aliphatic carbocycles. The molecule has 0 spiro atoms. The van der Waals surface area contributed by atoms with Gasteiger partial charge in [0.05, 0.1) is 6.10 Å². The summed E-state index contributed by atoms with van der Waals surface area (Å²) >= 11 is 0. The van der Waals surface area contributed by atoms with Crippen molar-refractivity contribution in [3.63, 3.8) is 0 Å². The molecule has 112 valence electrons. The van der Waals surface area contributed by atoms with E-state index in [1.165, 1.54) is 18.4 Å². The zero-order chi connectivity index (χ0) is 14.7. The second-order valence-corrected chi connectivity index (χ2v) is 6.41. The smallest absolute Gasteiger partial charge is 0.235 e. The van der Waals surface area contributed by atoms with Crippen LogP contribution in [0.15, 0.2) is 23.2 Å². The average Bonchev–Trinajstić information content (AvgIpc) is 3.12. The van der Waals surface area contributed by atoms with Crippen molar-refractivity contribution in [1.82, 2.24) is 0 Å². The van der Waals surface area contributed by atoms with E-state index in [0.717, 1.165) is 49.8 Å². The van der Waals surface area contributed by atoms with Crippen molar-refractivity contribution in [2.45, 2.75) is 69.9 Å². The van der Waals surface area contributed by atoms with Gasteiger partial charge >= 0.3 is 0 Å². The molecule has 0 heterocycles. The van der Waals surface area contributed by atoms with Gasteiger partial charge in [0.1, 0.15) is 11.3 Å². The highest BCUT2D eigenvalue weighted by atomic mass is 16.5. The van der Waals surface area contributed by atoms with Crippen LogP contribution < -0.4 is 4.74 Å². The second kappa shape index (κ2) is 6.03. The van der Waals surface area contributed by atoms with Gasteiger partial charge in [-0.15, -0.1) is 0 Å². The molecule has 0 aromatic heterocycles. The summed E-state index contributed by atoms with van der Waals surface area (Å²) in [6.45, 7) is 2.09. The highest BCUT2D eigenvalue weighted by molar-refractivity contribution is 5.48. The predicted molar refractivity (Wildman–Crippen MR) is 82.3 cm³/mol. The van der Waals surface area contributed by atoms with Gasteiger partial charge in [-0.2, -0.15) is 4.99 Å². The Morgan fingerprint density at radius 3 is 2.57 bits per heavy atom. The summed E-state index contributed by atoms with van der Waals surface area (Å²) in [7, 11) is 0. The Labute approximate surface area is 126 Å². The van der Waals surface area contributed by atoms with E-state index in [1.807, 2.05) is 18.2 Å². The molecule has 0 N–H and O–H groups in total. The number of hydrogen-bond acceptors (Lipinski definition) is 3. The maximum Gasteiger partial charge on any atom is 0.235 e. The number of rotatable bonds is 4. The molecule has 0 radical (unpaired) electrons. The number of aryl methyl sites for hydroxylation is 1. The summed E-state index contributed by atoms with van der Waals surface area (Å²) in [5, 5.41) is 0. The van der Waals surface area contributed by atoms with Crippen LogP contribution in [0.3, 0.4) is 0 Å². The van der Waals surface area contributed by atoms with Crippen molar-refractivity contribution in [2.24, 2.45) is 4.99 Å². The SMILES string of the molecule is Cc1cccc(OC2CCCC2)c1C1(N=C=O)CCCC1. The molecule has 3 nitrogen and oxygen atoms in total. The third kappa shape index (κ3) is 2.75. The largest absolute Gasteiger partial charge is 0.490 e. The van der Waals surface area contributed by atoms with Crippen molar-refractivity contribution >= 4 is 6.08 Å². The molecule has 0 saturated heterocycles. The van der Waals surface area contributed by atoms with E-state index in [9.17, 15) is 4.79 Å². The summed E-state index contributed by atoms with van der Waals surface area (Å²) in [5.41, 5.74) is 1.89. The molecule has 3 rings (SSSR count). The van der Waals surface area contributed by atoms with Crippen LogP contribution in [-0.4, -0.2) is 12.2 Å². The maximum atomic E-state index is 11.0. The van der Waals surface area contributed by atoms with Crippen molar-refractivity contribution in [1.29, 1.82) is 0 Å². The number of ether oxygens (including phenoxy) is 1. The van der Waals surface area contributed by atoms with Gasteiger partial charge in [-0.25, -0.2) is 4.79 Å². The number of aliphatic imine (C=N–C) groups is 1. The monoisotopic (exact) mass is 285 g/mol. The van der Waals surface area contributed by atoms with Crippen LogP contribution in [0.5, 0.6) is 5.75 Å². The van der Waals surface area contributed by atoms with E-state index >= 15 is 0 Å². The Morgan fingerprint density at radius 2 is 1.90 bits per heavy atom. The first-order chi connectivity index (χ1) is 10.2. The Morgan fingerprint density at radius 1 is 1.19 bits per heavy atom. The fourth-order valence-corrected chi connectivity index (χ4v) is 3.99. The Hall–Kier alpha value is -1.60. The van der Waals surface area contributed by atoms with Gasteiger partial charge in [0, 0.05) is 5.56 Å². The minimum atomic E-state index is -0.402. The summed E-state index contributed by atoms with van der Waals surface area (Å²) in [4.78, 5) is 15.2. The van der Waals surface area contributed by atoms with E-state index in [4.69, 9.17) is 4.74 Å². The second-order valence-electron chi connectivity index (χ2n) is 6.41. The van der Waals surface area contributed by atoms with Crippen molar-refractivity contribution < 1.29 is 9.53 Å². The van der Waals surface area contributed by atoms with Crippen LogP contribution in [0, 0.1) is 6.92 Å². The summed E-state index contributed by atoms with van der Waals surface area (Å²) in [5.74, 6) is 0.933. The number of carbonyl (C=O) groups excluding carboxylic acids is 1. The van der Waals surface area contributed by atoms with Crippen molar-refractivity contribution in [3.05, 3.63) is 29.3 Å². The minimum Gasteiger partial charge on any atom is -0.490 e. The average molecular weight is 285 g/mol. The van der Waals surface area contributed by atoms with Crippen LogP contribution in [0.1, 0.15) is 62.5 Å². The fraction of sp³-hybridized carbons (Fsp3) is 0.611. The first-order valence-electron chi connectivity index (χ1n) is 8.11. The molecule has 1 aromatic carbocycles. The molecule has 0 bridgehead atoms. The molecule has 2 aliphatic rings. The highest BCUT2D eigenvalue weighted by Gasteiger charge is 2.39. The van der Waals surface area contributed by atoms with Gasteiger partial charge < -0.3 is 4.74 Å². The van der Waals surface area contributed by atoms with E-state index in [1.54, 1.807) is 0 Å². The maximum absolute atomic E-state index is 11.0. The molecule has 0 aliphatic heterocycles. The van der Waals surface area contributed by atoms with Gasteiger partial charge in [0.15, 0.2) is 0 Å². The van der Waals surface area contributed by atoms with Gasteiger partial charge in [0.2, 0.25) is 6.08 Å². The van der Waals surface area contributed by atoms with Crippen LogP contribution in [0.2, 0.25) is 0 Å². The lowest BCUT2D eigenvalue weighted by molar-refractivity contribution is 0.203. The molecular formula is C18H23NO2. The first-order valence-corrected chi connectivity index (χ1v) is 8.11. The van der Waals surface area contributed by atoms with Crippen LogP contribution in [0.25, 0.3) is 0 Å². The fourth-order valence-electron chi connectivity index (χ4n) is 3.99. The molecule has 1 aromatic rings. The van der Waals surface area contributed by atoms with Gasteiger partial charge in [-0.05, 0) is 57.1 Å². The minimum absolute atomic E-state index is 0.323. The third-order valence-corrected chi connectivity index (χ3v) is 4.99. The number of hydrogen-bond donors (Lipinski definition) is 0. The number of isocyanates is 1. The molecule has 21 heavy (non-hydrogen) atoms. The van der Waals surface area contributed by atoms with Gasteiger partial charge in [0.25, 0.3) is 0 Å². The van der Waals surface area contributed by atoms with Crippen LogP contribution >= 0.6 is 0 Å². The van der Waals surface area contributed by atoms with Gasteiger partial charge in [-0.3, -0.25) is 0 Å². The lowest BCUT2D eigenvalue weighted by atomic mass is 9.85. The zero-order valence-electron chi connectivity index (χ0n) is 12.7. The molecular weight excluding hydrogens is 262 g/mol. The molecule has 2 saturated carbocycles. The Kier molecular flexibility index (Phi) is 4.12. The first kappa shape index (κ1) is 14.3. The summed E-state index contributed by atoms with van der Waals surface area (Å²) < 4.78 is 6.28. The van der Waals surface area contributed by atoms with E-state index < -0.39 is 5.54 Å². The van der Waals surface area contributed by atoms with Crippen LogP contribution in [-0.2, 0) is 10.3 Å². The summed E-state index contributed by atoms with van der Waals surface area (Å²) in [6.07, 6.45) is 11.0. The van der Waals surface area contributed by atoms with Crippen molar-refractivity contribution in [2.75, 3.05) is 0 Å². The zero-order valence-corrected chi connectivity index (χ0v) is 12.7. The van der Waals surface area contributed by atoms with Crippen LogP contribution in [0.4, 0.5) is 0 Å². The quantitative estimate of drug-likeness (QED) is 0.606. The molecule has 3 heteroatoms. The molecule has 0 atom stereocenters. The van der Waals surface area contributed by atoms with Gasteiger partial charge in [-0.1, -0.05) is 25.0 Å². The molecule has 2 fully saturated rings. The highest BCUT2D eigenvalue weighted by Crippen LogP contribution is 2.47. The topological polar surface area (TPSA) is 38.7 Å². The summed E-state index contributed by atoms with van der Waals surface area (Å²) in [6, 6.07) is 6.18. The lowest BCUT2D eigenvalue weighted by Gasteiger charge is -2.28. The van der Waals surface area contributed by atoms with E-state index in [0.29, 0.717) is 6.10 Å². The van der Waals surface area contributed by atoms with E-state index in [-0.39, 0.29) is 0 Å². The third-order valence-electron chi connectivity index (χ3n) is 4.99. The van der Waals surface area contributed by atoms with Crippen molar-refractivity contribution in [3.8, 4) is 5.75 Å². The number of nitrogens with zero attached hydrogens (tertiary/aromatic N) is 1. The Bertz CT molecular complexity index is 548. The van der Waals surface area contributed by atoms with E-state index in [2.05, 4.69) is 18.0 Å². The standard InChI is InChI=1S/C18H23NO2/c1-14-7-6-10-16(21-15-8-2-3-9-15)17(14)18(19-13-20)11-4-5-12-18/h6-7,10,15H,2-5,8-9,11-12H2,1H3. The number of benzene rings is 1. The lowest BCUT2D eigenvalue weighted by Crippen LogP contribution is -2.23. The predicted octanol–water partition coefficient (Wildman–Crippen LogP) is 4.42. The molecule has 0 unspecified atom stereocenters. The normalized spacial score (nSPS) is 21.2. The Balaban J connectivity index is 2.01. The molecule has 0 amide bonds.